The van der Waals surface area contributed by atoms with Crippen molar-refractivity contribution in [2.75, 3.05) is 19.6 Å². The number of ether oxygens (including phenoxy) is 1. The van der Waals surface area contributed by atoms with Gasteiger partial charge in [-0.1, -0.05) is 19.1 Å². The van der Waals surface area contributed by atoms with Gasteiger partial charge in [-0.05, 0) is 57.9 Å². The van der Waals surface area contributed by atoms with Crippen LogP contribution in [0.4, 0.5) is 9.18 Å². The zero-order chi connectivity index (χ0) is 20.0. The van der Waals surface area contributed by atoms with Crippen molar-refractivity contribution in [3.8, 4) is 0 Å². The fourth-order valence-corrected chi connectivity index (χ4v) is 3.33. The highest BCUT2D eigenvalue weighted by Crippen LogP contribution is 2.25. The van der Waals surface area contributed by atoms with E-state index in [0.717, 1.165) is 12.1 Å². The Morgan fingerprint density at radius 2 is 1.81 bits per heavy atom. The summed E-state index contributed by atoms with van der Waals surface area (Å²) < 4.78 is 18.6. The van der Waals surface area contributed by atoms with Crippen molar-refractivity contribution in [1.82, 2.24) is 10.2 Å². The lowest BCUT2D eigenvalue weighted by Gasteiger charge is -2.33. The zero-order valence-electron chi connectivity index (χ0n) is 16.8. The van der Waals surface area contributed by atoms with Gasteiger partial charge < -0.3 is 15.0 Å². The number of nitrogens with zero attached hydrogens (tertiary/aromatic N) is 1. The molecule has 0 spiro atoms. The van der Waals surface area contributed by atoms with E-state index in [1.807, 2.05) is 27.7 Å². The molecule has 1 aliphatic rings. The molecule has 1 fully saturated rings. The number of likely N-dealkylation sites (tertiary alicyclic amines) is 1. The number of carbonyl (C=O) groups excluding carboxylic acids is 2. The SMILES string of the molecule is CCN[C@H](CC(=O)C1CCN(C(=O)OC(C)(C)C)CC1)c1ccc(F)cc1. The third-order valence-electron chi connectivity index (χ3n) is 4.73. The van der Waals surface area contributed by atoms with Crippen LogP contribution >= 0.6 is 0 Å². The van der Waals surface area contributed by atoms with Gasteiger partial charge in [-0.15, -0.1) is 0 Å². The highest BCUT2D eigenvalue weighted by Gasteiger charge is 2.30. The number of benzene rings is 1. The first-order valence-electron chi connectivity index (χ1n) is 9.69. The molecule has 27 heavy (non-hydrogen) atoms. The van der Waals surface area contributed by atoms with Gasteiger partial charge in [-0.25, -0.2) is 9.18 Å². The van der Waals surface area contributed by atoms with Gasteiger partial charge in [0, 0.05) is 31.5 Å². The normalized spacial score (nSPS) is 16.9. The number of hydrogen-bond donors (Lipinski definition) is 1. The van der Waals surface area contributed by atoms with Crippen molar-refractivity contribution in [1.29, 1.82) is 0 Å². The van der Waals surface area contributed by atoms with Gasteiger partial charge in [0.15, 0.2) is 0 Å². The van der Waals surface area contributed by atoms with E-state index in [-0.39, 0.29) is 29.7 Å². The van der Waals surface area contributed by atoms with Gasteiger partial charge in [-0.2, -0.15) is 0 Å². The standard InChI is InChI=1S/C21H31FN2O3/c1-5-23-18(15-6-8-17(22)9-7-15)14-19(25)16-10-12-24(13-11-16)20(26)27-21(2,3)4/h6-9,16,18,23H,5,10-14H2,1-4H3/t18-/m1/s1. The topological polar surface area (TPSA) is 58.6 Å². The fourth-order valence-electron chi connectivity index (χ4n) is 3.33. The van der Waals surface area contributed by atoms with Crippen LogP contribution in [0, 0.1) is 11.7 Å². The number of nitrogens with one attached hydrogen (secondary N) is 1. The van der Waals surface area contributed by atoms with Crippen molar-refractivity contribution in [2.45, 2.75) is 58.6 Å². The Bertz CT molecular complexity index is 632. The van der Waals surface area contributed by atoms with Crippen LogP contribution in [0.25, 0.3) is 0 Å². The quantitative estimate of drug-likeness (QED) is 0.810. The van der Waals surface area contributed by atoms with Gasteiger partial charge in [0.05, 0.1) is 0 Å². The lowest BCUT2D eigenvalue weighted by Crippen LogP contribution is -2.43. The summed E-state index contributed by atoms with van der Waals surface area (Å²) in [7, 11) is 0. The van der Waals surface area contributed by atoms with E-state index in [1.54, 1.807) is 17.0 Å². The molecule has 1 heterocycles. The second kappa shape index (κ2) is 9.31. The maximum Gasteiger partial charge on any atom is 0.410 e. The molecule has 0 bridgehead atoms. The number of carbonyl (C=O) groups is 2. The number of piperidine rings is 1. The van der Waals surface area contributed by atoms with Crippen LogP contribution in [0.15, 0.2) is 24.3 Å². The summed E-state index contributed by atoms with van der Waals surface area (Å²) in [6.07, 6.45) is 1.36. The van der Waals surface area contributed by atoms with Crippen molar-refractivity contribution >= 4 is 11.9 Å². The maximum absolute atomic E-state index is 13.2. The maximum atomic E-state index is 13.2. The molecule has 0 unspecified atom stereocenters. The highest BCUT2D eigenvalue weighted by molar-refractivity contribution is 5.82. The summed E-state index contributed by atoms with van der Waals surface area (Å²) in [4.78, 5) is 26.6. The second-order valence-corrected chi connectivity index (χ2v) is 8.07. The highest BCUT2D eigenvalue weighted by atomic mass is 19.1. The smallest absolute Gasteiger partial charge is 0.410 e. The minimum atomic E-state index is -0.516. The first kappa shape index (κ1) is 21.4. The number of ketones is 1. The minimum Gasteiger partial charge on any atom is -0.444 e. The molecule has 1 aromatic rings. The molecule has 6 heteroatoms. The molecule has 1 atom stereocenters. The summed E-state index contributed by atoms with van der Waals surface area (Å²) in [5.74, 6) is -0.144. The molecule has 1 aliphatic heterocycles. The van der Waals surface area contributed by atoms with Crippen LogP contribution in [-0.4, -0.2) is 42.0 Å². The Kier molecular flexibility index (Phi) is 7.36. The molecule has 0 saturated carbocycles. The van der Waals surface area contributed by atoms with Crippen LogP contribution < -0.4 is 5.32 Å². The second-order valence-electron chi connectivity index (χ2n) is 8.07. The van der Waals surface area contributed by atoms with Crippen LogP contribution in [0.1, 0.15) is 58.6 Å². The van der Waals surface area contributed by atoms with Crippen molar-refractivity contribution in [3.05, 3.63) is 35.6 Å². The molecule has 1 saturated heterocycles. The lowest BCUT2D eigenvalue weighted by molar-refractivity contribution is -0.124. The van der Waals surface area contributed by atoms with E-state index in [0.29, 0.717) is 32.4 Å². The van der Waals surface area contributed by atoms with E-state index in [4.69, 9.17) is 4.74 Å². The summed E-state index contributed by atoms with van der Waals surface area (Å²) in [5, 5.41) is 3.31. The van der Waals surface area contributed by atoms with Gasteiger partial charge in [0.2, 0.25) is 0 Å². The van der Waals surface area contributed by atoms with Gasteiger partial charge in [0.1, 0.15) is 17.2 Å². The Labute approximate surface area is 161 Å². The molecule has 1 aromatic carbocycles. The predicted octanol–water partition coefficient (Wildman–Crippen LogP) is 4.08. The predicted molar refractivity (Wildman–Crippen MR) is 103 cm³/mol. The number of halogens is 1. The molecule has 5 nitrogen and oxygen atoms in total. The molecule has 150 valence electrons. The van der Waals surface area contributed by atoms with E-state index < -0.39 is 5.60 Å². The minimum absolute atomic E-state index is 0.0507. The third-order valence-corrected chi connectivity index (χ3v) is 4.73. The first-order valence-corrected chi connectivity index (χ1v) is 9.69. The molecule has 1 N–H and O–H groups in total. The van der Waals surface area contributed by atoms with E-state index >= 15 is 0 Å². The summed E-state index contributed by atoms with van der Waals surface area (Å²) in [5.41, 5.74) is 0.399. The van der Waals surface area contributed by atoms with Crippen LogP contribution in [0.2, 0.25) is 0 Å². The molecular weight excluding hydrogens is 347 g/mol. The van der Waals surface area contributed by atoms with E-state index in [2.05, 4.69) is 5.32 Å². The largest absolute Gasteiger partial charge is 0.444 e. The monoisotopic (exact) mass is 378 g/mol. The lowest BCUT2D eigenvalue weighted by atomic mass is 9.88. The van der Waals surface area contributed by atoms with E-state index in [1.165, 1.54) is 12.1 Å². The van der Waals surface area contributed by atoms with Crippen LogP contribution in [0.5, 0.6) is 0 Å². The summed E-state index contributed by atoms with van der Waals surface area (Å²) in [6.45, 7) is 9.32. The summed E-state index contributed by atoms with van der Waals surface area (Å²) in [6, 6.07) is 6.17. The Morgan fingerprint density at radius 1 is 1.22 bits per heavy atom. The molecule has 0 aliphatic carbocycles. The van der Waals surface area contributed by atoms with Gasteiger partial charge in [0.25, 0.3) is 0 Å². The Hall–Kier alpha value is -1.95. The molecule has 0 radical (unpaired) electrons. The fraction of sp³-hybridized carbons (Fsp3) is 0.619. The zero-order valence-corrected chi connectivity index (χ0v) is 16.8. The number of Topliss-reactive ketones (excluding diaryl/α,β-unsaturated/α-hetero) is 1. The van der Waals surface area contributed by atoms with Crippen molar-refractivity contribution in [3.63, 3.8) is 0 Å². The number of amides is 1. The third kappa shape index (κ3) is 6.61. The molecular formula is C21H31FN2O3. The first-order chi connectivity index (χ1) is 12.7. The van der Waals surface area contributed by atoms with Gasteiger partial charge in [-0.3, -0.25) is 4.79 Å². The number of hydrogen-bond acceptors (Lipinski definition) is 4. The van der Waals surface area contributed by atoms with E-state index in [9.17, 15) is 14.0 Å². The Balaban J connectivity index is 1.90. The van der Waals surface area contributed by atoms with Crippen molar-refractivity contribution in [2.24, 2.45) is 5.92 Å². The average Bonchev–Trinajstić information content (AvgIpc) is 2.60. The summed E-state index contributed by atoms with van der Waals surface area (Å²) >= 11 is 0. The number of rotatable bonds is 6. The molecule has 1 amide bonds. The molecule has 0 aromatic heterocycles. The van der Waals surface area contributed by atoms with Gasteiger partial charge >= 0.3 is 6.09 Å². The average molecular weight is 378 g/mol. The van der Waals surface area contributed by atoms with Crippen molar-refractivity contribution < 1.29 is 18.7 Å². The van der Waals surface area contributed by atoms with Crippen LogP contribution in [0.3, 0.4) is 0 Å². The molecule has 2 rings (SSSR count). The van der Waals surface area contributed by atoms with Crippen LogP contribution in [-0.2, 0) is 9.53 Å². The Morgan fingerprint density at radius 3 is 2.33 bits per heavy atom.